The lowest BCUT2D eigenvalue weighted by Crippen LogP contribution is -2.26. The van der Waals surface area contributed by atoms with Crippen LogP contribution in [-0.4, -0.2) is 46.1 Å². The van der Waals surface area contributed by atoms with Crippen LogP contribution in [0, 0.1) is 5.82 Å². The third kappa shape index (κ3) is 4.67. The molecule has 1 fully saturated rings. The van der Waals surface area contributed by atoms with Gasteiger partial charge in [-0.2, -0.15) is 9.78 Å². The van der Waals surface area contributed by atoms with Crippen molar-refractivity contribution in [3.63, 3.8) is 0 Å². The van der Waals surface area contributed by atoms with Gasteiger partial charge in [0.15, 0.2) is 11.6 Å². The van der Waals surface area contributed by atoms with Crippen LogP contribution in [0.25, 0.3) is 22.5 Å². The normalized spacial score (nSPS) is 18.5. The highest BCUT2D eigenvalue weighted by molar-refractivity contribution is 6.05. The molecule has 5 heterocycles. The van der Waals surface area contributed by atoms with Gasteiger partial charge in [-0.25, -0.2) is 18.9 Å². The number of halogens is 1. The molecule has 2 aliphatic rings. The Hall–Kier alpha value is -4.84. The molecule has 1 aliphatic heterocycles. The lowest BCUT2D eigenvalue weighted by atomic mass is 9.85. The number of hydrogen-bond acceptors (Lipinski definition) is 7. The number of nitrogens with one attached hydrogen (secondary N) is 1. The molecule has 0 saturated heterocycles. The molecule has 5 aromatic rings. The van der Waals surface area contributed by atoms with Crippen LogP contribution in [0.3, 0.4) is 0 Å². The van der Waals surface area contributed by atoms with Gasteiger partial charge in [-0.1, -0.05) is 6.07 Å². The maximum Gasteiger partial charge on any atom is 0.285 e. The molecular formula is C31H31FN8O3. The van der Waals surface area contributed by atoms with E-state index in [0.717, 1.165) is 31.4 Å². The van der Waals surface area contributed by atoms with Gasteiger partial charge in [0.25, 0.3) is 11.5 Å². The molecule has 220 valence electrons. The van der Waals surface area contributed by atoms with Gasteiger partial charge in [-0.05, 0) is 81.3 Å². The van der Waals surface area contributed by atoms with Crippen molar-refractivity contribution in [3.8, 4) is 16.9 Å². The summed E-state index contributed by atoms with van der Waals surface area (Å²) in [6, 6.07) is 11.6. The summed E-state index contributed by atoms with van der Waals surface area (Å²) in [5.74, 6) is -0.345. The molecule has 0 atom stereocenters. The van der Waals surface area contributed by atoms with E-state index in [4.69, 9.17) is 5.73 Å². The summed E-state index contributed by atoms with van der Waals surface area (Å²) in [6.07, 6.45) is 7.95. The zero-order valence-corrected chi connectivity index (χ0v) is 23.4. The maximum atomic E-state index is 15.8. The lowest BCUT2D eigenvalue weighted by Gasteiger charge is -2.24. The number of carbonyl (C=O) groups excluding carboxylic acids is 1. The smallest absolute Gasteiger partial charge is 0.285 e. The Morgan fingerprint density at radius 3 is 2.65 bits per heavy atom. The zero-order valence-electron chi connectivity index (χ0n) is 23.4. The predicted molar refractivity (Wildman–Crippen MR) is 159 cm³/mol. The van der Waals surface area contributed by atoms with Gasteiger partial charge >= 0.3 is 0 Å². The highest BCUT2D eigenvalue weighted by Crippen LogP contribution is 2.39. The number of aromatic nitrogens is 6. The van der Waals surface area contributed by atoms with Crippen LogP contribution in [-0.2, 0) is 13.0 Å². The standard InChI is InChI=1S/C31H31FN8O3/c32-23-15-19(37-30(42)27-24-5-2-4-14-38(24)40(31(27)43)26-6-1-3-13-34-26)9-12-21(23)22-16-25(18-7-10-20(41)11-8-18)39-28(22)29(33)35-17-36-39/h1,3,6,9,12-13,15-18,20,41H,2,4-5,7-8,10-11,14H2,(H,37,42)(H2,33,35,36)/t18-,20-. The van der Waals surface area contributed by atoms with Crippen LogP contribution in [0.15, 0.2) is 59.8 Å². The first kappa shape index (κ1) is 27.0. The number of pyridine rings is 1. The monoisotopic (exact) mass is 582 g/mol. The van der Waals surface area contributed by atoms with Crippen LogP contribution >= 0.6 is 0 Å². The van der Waals surface area contributed by atoms with Crippen molar-refractivity contribution in [2.45, 2.75) is 63.5 Å². The first-order valence-electron chi connectivity index (χ1n) is 14.6. The highest BCUT2D eigenvalue weighted by Gasteiger charge is 2.29. The molecule has 12 heteroatoms. The van der Waals surface area contributed by atoms with Gasteiger partial charge in [0.1, 0.15) is 23.2 Å². The molecule has 1 aromatic carbocycles. The first-order valence-corrected chi connectivity index (χ1v) is 14.6. The Labute approximate surface area is 245 Å². The zero-order chi connectivity index (χ0) is 29.7. The van der Waals surface area contributed by atoms with E-state index in [1.165, 1.54) is 17.1 Å². The number of nitrogens with two attached hydrogens (primary N) is 1. The van der Waals surface area contributed by atoms with Gasteiger partial charge in [0.2, 0.25) is 0 Å². The molecule has 43 heavy (non-hydrogen) atoms. The van der Waals surface area contributed by atoms with Crippen molar-refractivity contribution in [2.75, 3.05) is 11.1 Å². The number of benzene rings is 1. The molecule has 0 bridgehead atoms. The van der Waals surface area contributed by atoms with Crippen LogP contribution < -0.4 is 16.6 Å². The summed E-state index contributed by atoms with van der Waals surface area (Å²) < 4.78 is 20.8. The molecule has 0 radical (unpaired) electrons. The van der Waals surface area contributed by atoms with Crippen LogP contribution in [0.2, 0.25) is 0 Å². The number of hydrogen-bond donors (Lipinski definition) is 3. The summed E-state index contributed by atoms with van der Waals surface area (Å²) in [7, 11) is 0. The number of nitrogen functional groups attached to an aromatic ring is 1. The minimum absolute atomic E-state index is 0.0421. The second kappa shape index (κ2) is 10.8. The van der Waals surface area contributed by atoms with E-state index in [-0.39, 0.29) is 34.7 Å². The molecular weight excluding hydrogens is 551 g/mol. The van der Waals surface area contributed by atoms with Crippen molar-refractivity contribution >= 4 is 22.9 Å². The number of aliphatic hydroxyl groups excluding tert-OH is 1. The Morgan fingerprint density at radius 1 is 1.05 bits per heavy atom. The van der Waals surface area contributed by atoms with E-state index in [1.807, 2.05) is 10.7 Å². The van der Waals surface area contributed by atoms with E-state index in [0.29, 0.717) is 48.4 Å². The predicted octanol–water partition coefficient (Wildman–Crippen LogP) is 4.07. The highest BCUT2D eigenvalue weighted by atomic mass is 19.1. The number of aliphatic hydroxyl groups is 1. The Kier molecular flexibility index (Phi) is 6.77. The summed E-state index contributed by atoms with van der Waals surface area (Å²) in [5.41, 5.74) is 8.95. The number of amides is 1. The van der Waals surface area contributed by atoms with Crippen LogP contribution in [0.1, 0.15) is 66.2 Å². The average Bonchev–Trinajstić information content (AvgIpc) is 3.54. The fraction of sp³-hybridized carbons (Fsp3) is 0.323. The third-order valence-electron chi connectivity index (χ3n) is 8.62. The minimum atomic E-state index is -0.591. The Balaban J connectivity index is 1.22. The van der Waals surface area contributed by atoms with Crippen molar-refractivity contribution < 1.29 is 14.3 Å². The summed E-state index contributed by atoms with van der Waals surface area (Å²) in [4.78, 5) is 35.5. The Morgan fingerprint density at radius 2 is 1.88 bits per heavy atom. The number of fused-ring (bicyclic) bond motifs is 2. The summed E-state index contributed by atoms with van der Waals surface area (Å²) >= 11 is 0. The molecule has 1 amide bonds. The van der Waals surface area contributed by atoms with Crippen molar-refractivity contribution in [1.82, 2.24) is 28.9 Å². The van der Waals surface area contributed by atoms with Crippen molar-refractivity contribution in [3.05, 3.63) is 88.1 Å². The largest absolute Gasteiger partial charge is 0.393 e. The molecule has 0 unspecified atom stereocenters. The second-order valence-electron chi connectivity index (χ2n) is 11.2. The van der Waals surface area contributed by atoms with Crippen LogP contribution in [0.4, 0.5) is 15.9 Å². The molecule has 1 saturated carbocycles. The van der Waals surface area contributed by atoms with Gasteiger partial charge < -0.3 is 16.2 Å². The number of nitrogens with zero attached hydrogens (tertiary/aromatic N) is 6. The number of rotatable bonds is 5. The van der Waals surface area contributed by atoms with Crippen molar-refractivity contribution in [2.24, 2.45) is 0 Å². The number of anilines is 2. The molecule has 1 aliphatic carbocycles. The lowest BCUT2D eigenvalue weighted by molar-refractivity contribution is 0.102. The molecule has 4 aromatic heterocycles. The van der Waals surface area contributed by atoms with Gasteiger partial charge in [-0.3, -0.25) is 14.3 Å². The Bertz CT molecular complexity index is 1900. The molecule has 11 nitrogen and oxygen atoms in total. The van der Waals surface area contributed by atoms with Gasteiger partial charge in [-0.15, -0.1) is 0 Å². The first-order chi connectivity index (χ1) is 20.9. The fourth-order valence-corrected chi connectivity index (χ4v) is 6.53. The SMILES string of the molecule is Nc1ncnn2c1c(-c1ccc(NC(=O)c3c4n(n(-c5ccccn5)c3=O)CCCC4)cc1F)cc2[C@H]1CC[C@H](O)CC1. The van der Waals surface area contributed by atoms with E-state index >= 15 is 4.39 Å². The summed E-state index contributed by atoms with van der Waals surface area (Å²) in [5, 5.41) is 17.1. The topological polar surface area (TPSA) is 145 Å². The van der Waals surface area contributed by atoms with Crippen molar-refractivity contribution in [1.29, 1.82) is 0 Å². The number of carbonyl (C=O) groups is 1. The fourth-order valence-electron chi connectivity index (χ4n) is 6.53. The quantitative estimate of drug-likeness (QED) is 0.283. The van der Waals surface area contributed by atoms with Gasteiger partial charge in [0, 0.05) is 41.2 Å². The summed E-state index contributed by atoms with van der Waals surface area (Å²) in [6.45, 7) is 0.597. The second-order valence-corrected chi connectivity index (χ2v) is 11.2. The van der Waals surface area contributed by atoms with E-state index in [2.05, 4.69) is 20.4 Å². The van der Waals surface area contributed by atoms with E-state index < -0.39 is 17.3 Å². The average molecular weight is 583 g/mol. The molecule has 4 N–H and O–H groups in total. The van der Waals surface area contributed by atoms with E-state index in [9.17, 15) is 14.7 Å². The van der Waals surface area contributed by atoms with E-state index in [1.54, 1.807) is 41.0 Å². The molecule has 7 rings (SSSR count). The third-order valence-corrected chi connectivity index (χ3v) is 8.62. The molecule has 0 spiro atoms. The van der Waals surface area contributed by atoms with Gasteiger partial charge in [0.05, 0.1) is 11.8 Å². The van der Waals surface area contributed by atoms with Crippen LogP contribution in [0.5, 0.6) is 0 Å². The minimum Gasteiger partial charge on any atom is -0.393 e. The maximum absolute atomic E-state index is 15.8.